The van der Waals surface area contributed by atoms with E-state index in [4.69, 9.17) is 5.84 Å². The van der Waals surface area contributed by atoms with Crippen molar-refractivity contribution >= 4 is 15.7 Å². The van der Waals surface area contributed by atoms with Crippen LogP contribution in [0.5, 0.6) is 0 Å². The summed E-state index contributed by atoms with van der Waals surface area (Å²) in [6.07, 6.45) is 0. The van der Waals surface area contributed by atoms with Crippen LogP contribution in [0.4, 0.5) is 5.69 Å². The Hall–Kier alpha value is -1.15. The Morgan fingerprint density at radius 1 is 1.26 bits per heavy atom. The largest absolute Gasteiger partial charge is 0.324 e. The van der Waals surface area contributed by atoms with Gasteiger partial charge in [0.2, 0.25) is 10.0 Å². The Balaban J connectivity index is 2.21. The third-order valence-corrected chi connectivity index (χ3v) is 5.46. The lowest BCUT2D eigenvalue weighted by molar-refractivity contribution is 0.159. The number of hydrogen-bond donors (Lipinski definition) is 2. The Morgan fingerprint density at radius 2 is 1.89 bits per heavy atom. The van der Waals surface area contributed by atoms with Crippen molar-refractivity contribution in [1.82, 2.24) is 9.21 Å². The Labute approximate surface area is 114 Å². The van der Waals surface area contributed by atoms with Crippen LogP contribution >= 0.6 is 0 Å². The van der Waals surface area contributed by atoms with E-state index >= 15 is 0 Å². The van der Waals surface area contributed by atoms with E-state index in [1.54, 1.807) is 28.6 Å². The van der Waals surface area contributed by atoms with Gasteiger partial charge in [-0.3, -0.25) is 5.84 Å². The number of nitrogens with zero attached hydrogens (tertiary/aromatic N) is 2. The maximum atomic E-state index is 12.5. The number of anilines is 1. The summed E-state index contributed by atoms with van der Waals surface area (Å²) in [4.78, 5) is 2.47. The Bertz CT molecular complexity index is 529. The van der Waals surface area contributed by atoms with Gasteiger partial charge in [-0.2, -0.15) is 4.31 Å². The minimum Gasteiger partial charge on any atom is -0.324 e. The molecule has 6 nitrogen and oxygen atoms in total. The molecule has 0 aliphatic carbocycles. The average Bonchev–Trinajstić information content (AvgIpc) is 2.41. The normalized spacial score (nSPS) is 22.4. The second-order valence-corrected chi connectivity index (χ2v) is 6.80. The predicted octanol–water partition coefficient (Wildman–Crippen LogP) is 0.297. The lowest BCUT2D eigenvalue weighted by Gasteiger charge is -2.36. The molecule has 0 amide bonds. The molecule has 0 radical (unpaired) electrons. The quantitative estimate of drug-likeness (QED) is 0.616. The highest BCUT2D eigenvalue weighted by molar-refractivity contribution is 7.89. The van der Waals surface area contributed by atoms with Crippen LogP contribution in [0.2, 0.25) is 0 Å². The van der Waals surface area contributed by atoms with Gasteiger partial charge in [-0.25, -0.2) is 8.42 Å². The van der Waals surface area contributed by atoms with Crippen molar-refractivity contribution in [3.8, 4) is 0 Å². The van der Waals surface area contributed by atoms with Crippen LogP contribution in [-0.4, -0.2) is 50.3 Å². The third-order valence-electron chi connectivity index (χ3n) is 3.58. The Kier molecular flexibility index (Phi) is 4.10. The number of rotatable bonds is 3. The molecule has 1 aromatic carbocycles. The third kappa shape index (κ3) is 2.89. The standard InChI is InChI=1S/C12H20N4O2S/c1-10-9-16(8-7-15(10)2)19(17,18)12-5-3-11(14-13)4-6-12/h3-6,10,14H,7-9,13H2,1-2H3. The second-order valence-electron chi connectivity index (χ2n) is 4.86. The van der Waals surface area contributed by atoms with E-state index < -0.39 is 10.0 Å². The van der Waals surface area contributed by atoms with Gasteiger partial charge in [0, 0.05) is 31.4 Å². The van der Waals surface area contributed by atoms with E-state index in [2.05, 4.69) is 10.3 Å². The molecule has 1 aromatic rings. The van der Waals surface area contributed by atoms with Gasteiger partial charge < -0.3 is 10.3 Å². The molecule has 1 heterocycles. The molecule has 1 unspecified atom stereocenters. The zero-order valence-electron chi connectivity index (χ0n) is 11.2. The first kappa shape index (κ1) is 14.3. The lowest BCUT2D eigenvalue weighted by atomic mass is 10.2. The summed E-state index contributed by atoms with van der Waals surface area (Å²) in [6, 6.07) is 6.70. The molecule has 1 saturated heterocycles. The van der Waals surface area contributed by atoms with Crippen molar-refractivity contribution in [2.75, 3.05) is 32.1 Å². The van der Waals surface area contributed by atoms with Crippen LogP contribution in [0.15, 0.2) is 29.2 Å². The van der Waals surface area contributed by atoms with E-state index in [-0.39, 0.29) is 6.04 Å². The Morgan fingerprint density at radius 3 is 2.42 bits per heavy atom. The van der Waals surface area contributed by atoms with E-state index in [0.717, 1.165) is 6.54 Å². The summed E-state index contributed by atoms with van der Waals surface area (Å²) in [5.74, 6) is 5.27. The molecule has 0 aromatic heterocycles. The fourth-order valence-electron chi connectivity index (χ4n) is 2.11. The minimum absolute atomic E-state index is 0.230. The molecule has 2 rings (SSSR count). The summed E-state index contributed by atoms with van der Waals surface area (Å²) in [5, 5.41) is 0. The molecule has 0 bridgehead atoms. The number of benzene rings is 1. The summed E-state index contributed by atoms with van der Waals surface area (Å²) in [6.45, 7) is 3.84. The van der Waals surface area contributed by atoms with Crippen molar-refractivity contribution in [1.29, 1.82) is 0 Å². The van der Waals surface area contributed by atoms with Crippen molar-refractivity contribution in [2.24, 2.45) is 5.84 Å². The lowest BCUT2D eigenvalue weighted by Crippen LogP contribution is -2.51. The molecule has 3 N–H and O–H groups in total. The van der Waals surface area contributed by atoms with Crippen LogP contribution in [0.1, 0.15) is 6.92 Å². The van der Waals surface area contributed by atoms with Gasteiger partial charge in [0.25, 0.3) is 0 Å². The second kappa shape index (κ2) is 5.46. The SMILES string of the molecule is CC1CN(S(=O)(=O)c2ccc(NN)cc2)CCN1C. The predicted molar refractivity (Wildman–Crippen MR) is 75.1 cm³/mol. The van der Waals surface area contributed by atoms with Crippen molar-refractivity contribution < 1.29 is 8.42 Å². The number of hydrazine groups is 1. The number of piperazine rings is 1. The first-order valence-corrected chi connectivity index (χ1v) is 7.66. The maximum absolute atomic E-state index is 12.5. The van der Waals surface area contributed by atoms with Crippen LogP contribution in [0.25, 0.3) is 0 Å². The molecular weight excluding hydrogens is 264 g/mol. The minimum atomic E-state index is -3.41. The fourth-order valence-corrected chi connectivity index (χ4v) is 3.62. The molecule has 0 spiro atoms. The monoisotopic (exact) mass is 284 g/mol. The topological polar surface area (TPSA) is 78.7 Å². The van der Waals surface area contributed by atoms with Crippen molar-refractivity contribution in [3.63, 3.8) is 0 Å². The summed E-state index contributed by atoms with van der Waals surface area (Å²) < 4.78 is 26.5. The number of nitrogens with two attached hydrogens (primary N) is 1. The molecule has 106 valence electrons. The average molecular weight is 284 g/mol. The van der Waals surface area contributed by atoms with Gasteiger partial charge in [0.05, 0.1) is 4.90 Å². The van der Waals surface area contributed by atoms with Gasteiger partial charge in [0.1, 0.15) is 0 Å². The molecule has 0 saturated carbocycles. The van der Waals surface area contributed by atoms with E-state index in [0.29, 0.717) is 23.7 Å². The number of sulfonamides is 1. The molecule has 1 fully saturated rings. The zero-order chi connectivity index (χ0) is 14.0. The molecule has 7 heteroatoms. The van der Waals surface area contributed by atoms with Gasteiger partial charge in [-0.15, -0.1) is 0 Å². The molecule has 19 heavy (non-hydrogen) atoms. The van der Waals surface area contributed by atoms with E-state index in [9.17, 15) is 8.42 Å². The van der Waals surface area contributed by atoms with Crippen LogP contribution in [0, 0.1) is 0 Å². The maximum Gasteiger partial charge on any atom is 0.243 e. The number of nitrogens with one attached hydrogen (secondary N) is 1. The van der Waals surface area contributed by atoms with E-state index in [1.807, 2.05) is 14.0 Å². The molecule has 1 aliphatic rings. The number of nitrogen functional groups attached to an aromatic ring is 1. The number of likely N-dealkylation sites (N-methyl/N-ethyl adjacent to an activating group) is 1. The van der Waals surface area contributed by atoms with Crippen molar-refractivity contribution in [2.45, 2.75) is 17.9 Å². The van der Waals surface area contributed by atoms with Gasteiger partial charge in [-0.05, 0) is 38.2 Å². The summed E-state index contributed by atoms with van der Waals surface area (Å²) >= 11 is 0. The van der Waals surface area contributed by atoms with Gasteiger partial charge in [0.15, 0.2) is 0 Å². The number of hydrogen-bond acceptors (Lipinski definition) is 5. The van der Waals surface area contributed by atoms with Crippen LogP contribution in [0.3, 0.4) is 0 Å². The summed E-state index contributed by atoms with van der Waals surface area (Å²) in [7, 11) is -1.40. The van der Waals surface area contributed by atoms with Crippen LogP contribution in [-0.2, 0) is 10.0 Å². The van der Waals surface area contributed by atoms with Crippen LogP contribution < -0.4 is 11.3 Å². The highest BCUT2D eigenvalue weighted by Crippen LogP contribution is 2.20. The highest BCUT2D eigenvalue weighted by atomic mass is 32.2. The fraction of sp³-hybridized carbons (Fsp3) is 0.500. The molecule has 1 aliphatic heterocycles. The van der Waals surface area contributed by atoms with E-state index in [1.165, 1.54) is 0 Å². The summed E-state index contributed by atoms with van der Waals surface area (Å²) in [5.41, 5.74) is 3.17. The van der Waals surface area contributed by atoms with Gasteiger partial charge >= 0.3 is 0 Å². The van der Waals surface area contributed by atoms with Gasteiger partial charge in [-0.1, -0.05) is 0 Å². The first-order chi connectivity index (χ1) is 8.95. The first-order valence-electron chi connectivity index (χ1n) is 6.22. The molecule has 1 atom stereocenters. The highest BCUT2D eigenvalue weighted by Gasteiger charge is 2.30. The smallest absolute Gasteiger partial charge is 0.243 e. The zero-order valence-corrected chi connectivity index (χ0v) is 12.0. The van der Waals surface area contributed by atoms with Crippen molar-refractivity contribution in [3.05, 3.63) is 24.3 Å². The molecular formula is C12H20N4O2S.